The molecule has 0 aliphatic heterocycles. The van der Waals surface area contributed by atoms with Gasteiger partial charge in [0.2, 0.25) is 0 Å². The average molecular weight is 292 g/mol. The summed E-state index contributed by atoms with van der Waals surface area (Å²) in [7, 11) is 0. The number of fused-ring (bicyclic) bond motifs is 2. The number of nitrogens with one attached hydrogen (secondary N) is 2. The first-order valence-electron chi connectivity index (χ1n) is 8.83. The molecule has 0 saturated heterocycles. The molecule has 4 aliphatic rings. The quantitative estimate of drug-likeness (QED) is 0.728. The molecule has 4 nitrogen and oxygen atoms in total. The molecule has 4 fully saturated rings. The molecule has 21 heavy (non-hydrogen) atoms. The molecule has 0 aromatic rings. The fourth-order valence-electron chi connectivity index (χ4n) is 5.45. The van der Waals surface area contributed by atoms with Crippen LogP contribution in [0.4, 0.5) is 4.79 Å². The molecule has 5 atom stereocenters. The normalized spacial score (nSPS) is 41.9. The second-order valence-electron chi connectivity index (χ2n) is 8.25. The lowest BCUT2D eigenvalue weighted by atomic mass is 9.70. The molecule has 4 saturated carbocycles. The third-order valence-electron chi connectivity index (χ3n) is 6.80. The highest BCUT2D eigenvalue weighted by atomic mass is 16.3. The zero-order valence-electron chi connectivity index (χ0n) is 12.8. The van der Waals surface area contributed by atoms with Crippen molar-refractivity contribution < 1.29 is 9.90 Å². The topological polar surface area (TPSA) is 61.4 Å². The second kappa shape index (κ2) is 5.15. The van der Waals surface area contributed by atoms with E-state index in [-0.39, 0.29) is 18.1 Å². The van der Waals surface area contributed by atoms with Gasteiger partial charge in [-0.2, -0.15) is 0 Å². The summed E-state index contributed by atoms with van der Waals surface area (Å²) in [6.45, 7) is 0.963. The predicted molar refractivity (Wildman–Crippen MR) is 80.7 cm³/mol. The van der Waals surface area contributed by atoms with E-state index in [0.29, 0.717) is 12.6 Å². The largest absolute Gasteiger partial charge is 0.396 e. The summed E-state index contributed by atoms with van der Waals surface area (Å²) in [6.07, 6.45) is 9.93. The smallest absolute Gasteiger partial charge is 0.315 e. The van der Waals surface area contributed by atoms with E-state index >= 15 is 0 Å². The van der Waals surface area contributed by atoms with Crippen LogP contribution in [0.1, 0.15) is 51.4 Å². The van der Waals surface area contributed by atoms with Crippen molar-refractivity contribution in [3.63, 3.8) is 0 Å². The standard InChI is InChI=1S/C17H28N2O2/c20-10-17(1-2-17)3-4-18-16(21)19-15-9-12-5-11-6-13(7-12)14(15)8-11/h11-15,20H,1-10H2,(H2,18,19,21). The summed E-state index contributed by atoms with van der Waals surface area (Å²) in [5.41, 5.74) is 0.135. The van der Waals surface area contributed by atoms with Crippen LogP contribution in [0.25, 0.3) is 0 Å². The Labute approximate surface area is 127 Å². The fraction of sp³-hybridized carbons (Fsp3) is 0.941. The highest BCUT2D eigenvalue weighted by Crippen LogP contribution is 2.55. The van der Waals surface area contributed by atoms with Crippen LogP contribution in [0, 0.1) is 29.1 Å². The summed E-state index contributed by atoms with van der Waals surface area (Å²) in [5, 5.41) is 15.6. The zero-order valence-corrected chi connectivity index (χ0v) is 12.8. The molecule has 3 N–H and O–H groups in total. The van der Waals surface area contributed by atoms with E-state index in [9.17, 15) is 9.90 Å². The summed E-state index contributed by atoms with van der Waals surface area (Å²) in [4.78, 5) is 12.1. The van der Waals surface area contributed by atoms with Crippen molar-refractivity contribution in [3.8, 4) is 0 Å². The molecule has 3 bridgehead atoms. The number of carbonyl (C=O) groups is 1. The van der Waals surface area contributed by atoms with Gasteiger partial charge in [0.25, 0.3) is 0 Å². The number of hydrogen-bond acceptors (Lipinski definition) is 2. The molecule has 4 heteroatoms. The van der Waals surface area contributed by atoms with Crippen LogP contribution in [-0.2, 0) is 0 Å². The number of rotatable bonds is 5. The lowest BCUT2D eigenvalue weighted by Crippen LogP contribution is -2.49. The Balaban J connectivity index is 1.25. The first-order chi connectivity index (χ1) is 10.2. The summed E-state index contributed by atoms with van der Waals surface area (Å²) >= 11 is 0. The molecule has 0 heterocycles. The monoisotopic (exact) mass is 292 g/mol. The Morgan fingerprint density at radius 1 is 1.10 bits per heavy atom. The number of carbonyl (C=O) groups excluding carboxylic acids is 1. The van der Waals surface area contributed by atoms with Crippen molar-refractivity contribution in [2.24, 2.45) is 29.1 Å². The molecular weight excluding hydrogens is 264 g/mol. The third kappa shape index (κ3) is 2.67. The van der Waals surface area contributed by atoms with Crippen molar-refractivity contribution in [2.75, 3.05) is 13.2 Å². The highest BCUT2D eigenvalue weighted by molar-refractivity contribution is 5.74. The molecule has 0 aromatic heterocycles. The van der Waals surface area contributed by atoms with E-state index < -0.39 is 0 Å². The van der Waals surface area contributed by atoms with Crippen LogP contribution in [0.5, 0.6) is 0 Å². The maximum atomic E-state index is 12.1. The maximum Gasteiger partial charge on any atom is 0.315 e. The Morgan fingerprint density at radius 3 is 2.57 bits per heavy atom. The van der Waals surface area contributed by atoms with Gasteiger partial charge in [-0.15, -0.1) is 0 Å². The van der Waals surface area contributed by atoms with Gasteiger partial charge in [-0.1, -0.05) is 0 Å². The molecule has 4 rings (SSSR count). The first-order valence-corrected chi connectivity index (χ1v) is 8.83. The third-order valence-corrected chi connectivity index (χ3v) is 6.80. The SMILES string of the molecule is O=C(NCCC1(CO)CC1)NC1CC2CC3CC(C2)C1C3. The van der Waals surface area contributed by atoms with Gasteiger partial charge in [-0.05, 0) is 80.5 Å². The van der Waals surface area contributed by atoms with Crippen molar-refractivity contribution in [2.45, 2.75) is 57.4 Å². The zero-order chi connectivity index (χ0) is 14.4. The van der Waals surface area contributed by atoms with Crippen LogP contribution >= 0.6 is 0 Å². The van der Waals surface area contributed by atoms with Crippen LogP contribution in [0.3, 0.4) is 0 Å². The minimum absolute atomic E-state index is 0.0125. The first kappa shape index (κ1) is 13.9. The lowest BCUT2D eigenvalue weighted by Gasteiger charge is -2.39. The summed E-state index contributed by atoms with van der Waals surface area (Å²) < 4.78 is 0. The molecule has 0 radical (unpaired) electrons. The minimum Gasteiger partial charge on any atom is -0.396 e. The molecule has 4 aliphatic carbocycles. The van der Waals surface area contributed by atoms with E-state index in [1.807, 2.05) is 0 Å². The van der Waals surface area contributed by atoms with Gasteiger partial charge in [0.05, 0.1) is 0 Å². The Kier molecular flexibility index (Phi) is 3.40. The molecule has 0 spiro atoms. The van der Waals surface area contributed by atoms with Crippen LogP contribution in [-0.4, -0.2) is 30.3 Å². The van der Waals surface area contributed by atoms with Gasteiger partial charge < -0.3 is 15.7 Å². The van der Waals surface area contributed by atoms with Crippen LogP contribution in [0.15, 0.2) is 0 Å². The van der Waals surface area contributed by atoms with Gasteiger partial charge in [-0.3, -0.25) is 0 Å². The number of amides is 2. The molecule has 5 unspecified atom stereocenters. The number of urea groups is 1. The van der Waals surface area contributed by atoms with Crippen molar-refractivity contribution >= 4 is 6.03 Å². The number of aliphatic hydroxyl groups excluding tert-OH is 1. The lowest BCUT2D eigenvalue weighted by molar-refractivity contribution is 0.138. The molecule has 0 aromatic carbocycles. The highest BCUT2D eigenvalue weighted by Gasteiger charge is 2.49. The average Bonchev–Trinajstić information content (AvgIpc) is 3.18. The van der Waals surface area contributed by atoms with E-state index in [4.69, 9.17) is 0 Å². The van der Waals surface area contributed by atoms with E-state index in [1.165, 1.54) is 32.1 Å². The Morgan fingerprint density at radius 2 is 1.86 bits per heavy atom. The van der Waals surface area contributed by atoms with Gasteiger partial charge in [0, 0.05) is 19.2 Å². The van der Waals surface area contributed by atoms with E-state index in [1.54, 1.807) is 0 Å². The fourth-order valence-corrected chi connectivity index (χ4v) is 5.45. The number of hydrogen-bond donors (Lipinski definition) is 3. The van der Waals surface area contributed by atoms with E-state index in [0.717, 1.165) is 42.9 Å². The van der Waals surface area contributed by atoms with Crippen LogP contribution in [0.2, 0.25) is 0 Å². The maximum absolute atomic E-state index is 12.1. The summed E-state index contributed by atoms with van der Waals surface area (Å²) in [6, 6.07) is 0.424. The number of aliphatic hydroxyl groups is 1. The van der Waals surface area contributed by atoms with Gasteiger partial charge in [0.1, 0.15) is 0 Å². The predicted octanol–water partition coefficient (Wildman–Crippen LogP) is 2.27. The minimum atomic E-state index is 0.0125. The van der Waals surface area contributed by atoms with Gasteiger partial charge in [-0.25, -0.2) is 4.79 Å². The van der Waals surface area contributed by atoms with Crippen molar-refractivity contribution in [1.29, 1.82) is 0 Å². The van der Waals surface area contributed by atoms with Crippen molar-refractivity contribution in [1.82, 2.24) is 10.6 Å². The molecule has 2 amide bonds. The Bertz CT molecular complexity index is 419. The van der Waals surface area contributed by atoms with E-state index in [2.05, 4.69) is 10.6 Å². The van der Waals surface area contributed by atoms with Crippen LogP contribution < -0.4 is 10.6 Å². The van der Waals surface area contributed by atoms with Gasteiger partial charge in [0.15, 0.2) is 0 Å². The Hall–Kier alpha value is -0.770. The van der Waals surface area contributed by atoms with Crippen molar-refractivity contribution in [3.05, 3.63) is 0 Å². The molecular formula is C17H28N2O2. The second-order valence-corrected chi connectivity index (χ2v) is 8.25. The van der Waals surface area contributed by atoms with Gasteiger partial charge >= 0.3 is 6.03 Å². The molecule has 118 valence electrons. The summed E-state index contributed by atoms with van der Waals surface area (Å²) in [5.74, 6) is 3.44.